The molecule has 0 spiro atoms. The van der Waals surface area contributed by atoms with Gasteiger partial charge in [0, 0.05) is 26.2 Å². The first-order chi connectivity index (χ1) is 7.30. The van der Waals surface area contributed by atoms with Gasteiger partial charge in [0.2, 0.25) is 0 Å². The van der Waals surface area contributed by atoms with E-state index in [9.17, 15) is 0 Å². The molecule has 1 rings (SSSR count). The van der Waals surface area contributed by atoms with Crippen LogP contribution in [0.2, 0.25) is 0 Å². The summed E-state index contributed by atoms with van der Waals surface area (Å²) in [5, 5.41) is 4.78. The molecule has 90 valence electrons. The molecule has 1 aliphatic heterocycles. The van der Waals surface area contributed by atoms with Crippen molar-refractivity contribution in [2.45, 2.75) is 46.5 Å². The van der Waals surface area contributed by atoms with Gasteiger partial charge in [-0.3, -0.25) is 0 Å². The van der Waals surface area contributed by atoms with Crippen LogP contribution in [0.4, 0.5) is 0 Å². The molecule has 0 amide bonds. The van der Waals surface area contributed by atoms with Crippen LogP contribution in [0.5, 0.6) is 0 Å². The van der Waals surface area contributed by atoms with Crippen LogP contribution in [0, 0.1) is 5.92 Å². The lowest BCUT2D eigenvalue weighted by Crippen LogP contribution is -2.58. The normalized spacial score (nSPS) is 21.0. The molecule has 0 aromatic carbocycles. The van der Waals surface area contributed by atoms with E-state index in [0.29, 0.717) is 0 Å². The van der Waals surface area contributed by atoms with Gasteiger partial charge in [0.15, 0.2) is 0 Å². The van der Waals surface area contributed by atoms with Gasteiger partial charge in [-0.15, -0.1) is 0 Å². The summed E-state index contributed by atoms with van der Waals surface area (Å²) in [4.78, 5) is 0. The van der Waals surface area contributed by atoms with Crippen LogP contribution in [0.25, 0.3) is 0 Å². The van der Waals surface area contributed by atoms with Gasteiger partial charge < -0.3 is 0 Å². The predicted octanol–water partition coefficient (Wildman–Crippen LogP) is 2.26. The fourth-order valence-corrected chi connectivity index (χ4v) is 2.38. The molecule has 3 nitrogen and oxygen atoms in total. The van der Waals surface area contributed by atoms with Crippen LogP contribution >= 0.6 is 0 Å². The van der Waals surface area contributed by atoms with Crippen molar-refractivity contribution in [2.24, 2.45) is 5.92 Å². The molecule has 1 N–H and O–H groups in total. The molecule has 1 fully saturated rings. The molecule has 0 radical (unpaired) electrons. The van der Waals surface area contributed by atoms with E-state index in [1.54, 1.807) is 0 Å². The van der Waals surface area contributed by atoms with E-state index >= 15 is 0 Å². The Balaban J connectivity index is 2.40. The van der Waals surface area contributed by atoms with Crippen molar-refractivity contribution in [1.82, 2.24) is 15.6 Å². The van der Waals surface area contributed by atoms with E-state index in [-0.39, 0.29) is 0 Å². The number of nitrogens with one attached hydrogen (secondary N) is 1. The molecule has 3 heteroatoms. The zero-order chi connectivity index (χ0) is 11.1. The highest BCUT2D eigenvalue weighted by atomic mass is 15.8. The number of hydrogen-bond donors (Lipinski definition) is 1. The van der Waals surface area contributed by atoms with Gasteiger partial charge in [-0.25, -0.2) is 10.0 Å². The zero-order valence-corrected chi connectivity index (χ0v) is 10.6. The smallest absolute Gasteiger partial charge is 0.0185 e. The zero-order valence-electron chi connectivity index (χ0n) is 10.6. The molecule has 0 unspecified atom stereocenters. The molecule has 15 heavy (non-hydrogen) atoms. The second-order valence-electron chi connectivity index (χ2n) is 4.65. The Labute approximate surface area is 94.8 Å². The standard InChI is InChI=1S/C12H27N3/c1-4-7-12-10-14(8-5-2)13-15(11-12)9-6-3/h12-13H,4-11H2,1-3H3. The van der Waals surface area contributed by atoms with Crippen molar-refractivity contribution >= 4 is 0 Å². The molecule has 0 aromatic heterocycles. The van der Waals surface area contributed by atoms with Gasteiger partial charge in [0.1, 0.15) is 0 Å². The van der Waals surface area contributed by atoms with Crippen LogP contribution in [-0.4, -0.2) is 36.2 Å². The Morgan fingerprint density at radius 3 is 1.87 bits per heavy atom. The Kier molecular flexibility index (Phi) is 6.22. The number of hydrazine groups is 2. The van der Waals surface area contributed by atoms with Crippen molar-refractivity contribution in [2.75, 3.05) is 26.2 Å². The van der Waals surface area contributed by atoms with Crippen LogP contribution < -0.4 is 5.53 Å². The molecule has 1 heterocycles. The molecule has 0 aromatic rings. The maximum Gasteiger partial charge on any atom is 0.0185 e. The third kappa shape index (κ3) is 4.49. The maximum atomic E-state index is 3.51. The third-order valence-electron chi connectivity index (χ3n) is 2.92. The van der Waals surface area contributed by atoms with Gasteiger partial charge in [-0.2, -0.15) is 5.53 Å². The number of hydrogen-bond acceptors (Lipinski definition) is 3. The van der Waals surface area contributed by atoms with Crippen LogP contribution in [0.1, 0.15) is 46.5 Å². The lowest BCUT2D eigenvalue weighted by atomic mass is 10.0. The molecule has 0 saturated carbocycles. The summed E-state index contributed by atoms with van der Waals surface area (Å²) in [5.41, 5.74) is 3.51. The Hall–Kier alpha value is -0.120. The third-order valence-corrected chi connectivity index (χ3v) is 2.92. The van der Waals surface area contributed by atoms with Gasteiger partial charge >= 0.3 is 0 Å². The summed E-state index contributed by atoms with van der Waals surface area (Å²) in [6, 6.07) is 0. The highest BCUT2D eigenvalue weighted by Crippen LogP contribution is 2.14. The minimum absolute atomic E-state index is 0.856. The minimum atomic E-state index is 0.856. The first-order valence-electron chi connectivity index (χ1n) is 6.56. The Bertz CT molecular complexity index is 126. The van der Waals surface area contributed by atoms with Crippen LogP contribution in [-0.2, 0) is 0 Å². The van der Waals surface area contributed by atoms with E-state index in [1.807, 2.05) is 0 Å². The summed E-state index contributed by atoms with van der Waals surface area (Å²) in [5.74, 6) is 0.856. The summed E-state index contributed by atoms with van der Waals surface area (Å²) in [6.45, 7) is 11.6. The van der Waals surface area contributed by atoms with Gasteiger partial charge in [0.05, 0.1) is 0 Å². The minimum Gasteiger partial charge on any atom is -0.230 e. The lowest BCUT2D eigenvalue weighted by Gasteiger charge is -2.40. The fourth-order valence-electron chi connectivity index (χ4n) is 2.38. The number of nitrogens with zero attached hydrogens (tertiary/aromatic N) is 2. The monoisotopic (exact) mass is 213 g/mol. The largest absolute Gasteiger partial charge is 0.230 e. The summed E-state index contributed by atoms with van der Waals surface area (Å²) in [7, 11) is 0. The van der Waals surface area contributed by atoms with E-state index < -0.39 is 0 Å². The van der Waals surface area contributed by atoms with Gasteiger partial charge in [-0.1, -0.05) is 27.2 Å². The summed E-state index contributed by atoms with van der Waals surface area (Å²) in [6.07, 6.45) is 5.13. The second-order valence-corrected chi connectivity index (χ2v) is 4.65. The van der Waals surface area contributed by atoms with Crippen molar-refractivity contribution < 1.29 is 0 Å². The molecule has 1 saturated heterocycles. The first-order valence-corrected chi connectivity index (χ1v) is 6.56. The predicted molar refractivity (Wildman–Crippen MR) is 65.3 cm³/mol. The van der Waals surface area contributed by atoms with E-state index in [0.717, 1.165) is 5.92 Å². The molecule has 0 aliphatic carbocycles. The van der Waals surface area contributed by atoms with Gasteiger partial charge in [-0.05, 0) is 25.2 Å². The average Bonchev–Trinajstić information content (AvgIpc) is 2.19. The van der Waals surface area contributed by atoms with Crippen molar-refractivity contribution in [3.63, 3.8) is 0 Å². The number of rotatable bonds is 6. The highest BCUT2D eigenvalue weighted by molar-refractivity contribution is 4.71. The molecule has 0 atom stereocenters. The van der Waals surface area contributed by atoms with Crippen LogP contribution in [0.15, 0.2) is 0 Å². The van der Waals surface area contributed by atoms with E-state index in [1.165, 1.54) is 51.9 Å². The van der Waals surface area contributed by atoms with Crippen molar-refractivity contribution in [1.29, 1.82) is 0 Å². The topological polar surface area (TPSA) is 18.5 Å². The summed E-state index contributed by atoms with van der Waals surface area (Å²) >= 11 is 0. The molecule has 1 aliphatic rings. The average molecular weight is 213 g/mol. The van der Waals surface area contributed by atoms with Crippen LogP contribution in [0.3, 0.4) is 0 Å². The molecular weight excluding hydrogens is 186 g/mol. The maximum absolute atomic E-state index is 3.51. The SMILES string of the molecule is CCCC1CN(CCC)NN(CCC)C1. The highest BCUT2D eigenvalue weighted by Gasteiger charge is 2.23. The van der Waals surface area contributed by atoms with Gasteiger partial charge in [0.25, 0.3) is 0 Å². The van der Waals surface area contributed by atoms with E-state index in [4.69, 9.17) is 0 Å². The fraction of sp³-hybridized carbons (Fsp3) is 1.00. The second kappa shape index (κ2) is 7.20. The Morgan fingerprint density at radius 1 is 0.933 bits per heavy atom. The quantitative estimate of drug-likeness (QED) is 0.730. The molecular formula is C12H27N3. The Morgan fingerprint density at radius 2 is 1.47 bits per heavy atom. The van der Waals surface area contributed by atoms with Crippen molar-refractivity contribution in [3.8, 4) is 0 Å². The van der Waals surface area contributed by atoms with Crippen molar-refractivity contribution in [3.05, 3.63) is 0 Å². The molecule has 0 bridgehead atoms. The first kappa shape index (κ1) is 12.9. The van der Waals surface area contributed by atoms with E-state index in [2.05, 4.69) is 36.3 Å². The summed E-state index contributed by atoms with van der Waals surface area (Å²) < 4.78 is 0. The lowest BCUT2D eigenvalue weighted by molar-refractivity contribution is -0.0450.